The molecule has 0 atom stereocenters. The van der Waals surface area contributed by atoms with Gasteiger partial charge in [-0.15, -0.1) is 0 Å². The van der Waals surface area contributed by atoms with Crippen LogP contribution in [0.5, 0.6) is 0 Å². The predicted octanol–water partition coefficient (Wildman–Crippen LogP) is 2.81. The number of nitrogens with zero attached hydrogens (tertiary/aromatic N) is 2. The SMILES string of the molecule is Cc1cc(C)nc(SCc2cccc(C(=N)N)c2F)n1. The predicted molar refractivity (Wildman–Crippen MR) is 78.5 cm³/mol. The number of aryl methyl sites for hydroxylation is 2. The molecule has 0 spiro atoms. The van der Waals surface area contributed by atoms with E-state index in [1.807, 2.05) is 19.9 Å². The van der Waals surface area contributed by atoms with Crippen molar-refractivity contribution in [2.45, 2.75) is 24.8 Å². The standard InChI is InChI=1S/C14H15FN4S/c1-8-6-9(2)19-14(18-8)20-7-10-4-3-5-11(12(10)15)13(16)17/h3-6H,7H2,1-2H3,(H3,16,17). The number of halogens is 1. The van der Waals surface area contributed by atoms with Crippen LogP contribution < -0.4 is 5.73 Å². The molecule has 1 heterocycles. The van der Waals surface area contributed by atoms with E-state index in [1.54, 1.807) is 12.1 Å². The molecule has 0 bridgehead atoms. The summed E-state index contributed by atoms with van der Waals surface area (Å²) < 4.78 is 14.1. The van der Waals surface area contributed by atoms with Crippen molar-refractivity contribution in [2.75, 3.05) is 0 Å². The van der Waals surface area contributed by atoms with Gasteiger partial charge in [-0.25, -0.2) is 14.4 Å². The summed E-state index contributed by atoms with van der Waals surface area (Å²) >= 11 is 1.36. The Morgan fingerprint density at radius 3 is 2.55 bits per heavy atom. The molecule has 0 radical (unpaired) electrons. The van der Waals surface area contributed by atoms with E-state index >= 15 is 0 Å². The van der Waals surface area contributed by atoms with Gasteiger partial charge in [-0.2, -0.15) is 0 Å². The molecule has 1 aromatic heterocycles. The van der Waals surface area contributed by atoms with Gasteiger partial charge in [0.25, 0.3) is 0 Å². The van der Waals surface area contributed by atoms with Gasteiger partial charge >= 0.3 is 0 Å². The van der Waals surface area contributed by atoms with Crippen LogP contribution in [0.1, 0.15) is 22.5 Å². The van der Waals surface area contributed by atoms with Gasteiger partial charge in [0.2, 0.25) is 0 Å². The second-order valence-corrected chi connectivity index (χ2v) is 5.36. The highest BCUT2D eigenvalue weighted by atomic mass is 32.2. The zero-order valence-electron chi connectivity index (χ0n) is 11.3. The fraction of sp³-hybridized carbons (Fsp3) is 0.214. The fourth-order valence-corrected chi connectivity index (χ4v) is 2.72. The van der Waals surface area contributed by atoms with Crippen molar-refractivity contribution < 1.29 is 4.39 Å². The monoisotopic (exact) mass is 290 g/mol. The molecule has 2 aromatic rings. The summed E-state index contributed by atoms with van der Waals surface area (Å²) in [7, 11) is 0. The van der Waals surface area contributed by atoms with E-state index in [2.05, 4.69) is 9.97 Å². The molecule has 2 rings (SSSR count). The number of nitrogens with one attached hydrogen (secondary N) is 1. The minimum Gasteiger partial charge on any atom is -0.384 e. The molecule has 0 aliphatic rings. The van der Waals surface area contributed by atoms with Gasteiger partial charge in [0, 0.05) is 17.1 Å². The highest BCUT2D eigenvalue weighted by Crippen LogP contribution is 2.23. The van der Waals surface area contributed by atoms with Gasteiger partial charge in [-0.1, -0.05) is 23.9 Å². The summed E-state index contributed by atoms with van der Waals surface area (Å²) in [6, 6.07) is 6.76. The largest absolute Gasteiger partial charge is 0.384 e. The summed E-state index contributed by atoms with van der Waals surface area (Å²) in [4.78, 5) is 8.60. The van der Waals surface area contributed by atoms with Crippen LogP contribution in [-0.4, -0.2) is 15.8 Å². The first kappa shape index (κ1) is 14.5. The van der Waals surface area contributed by atoms with Gasteiger partial charge in [0.05, 0.1) is 5.56 Å². The highest BCUT2D eigenvalue weighted by Gasteiger charge is 2.11. The Hall–Kier alpha value is -1.95. The van der Waals surface area contributed by atoms with E-state index < -0.39 is 5.82 Å². The van der Waals surface area contributed by atoms with E-state index in [0.717, 1.165) is 11.4 Å². The quantitative estimate of drug-likeness (QED) is 0.393. The lowest BCUT2D eigenvalue weighted by molar-refractivity contribution is 0.614. The first-order valence-electron chi connectivity index (χ1n) is 6.04. The molecule has 0 amide bonds. The van der Waals surface area contributed by atoms with Crippen molar-refractivity contribution in [2.24, 2.45) is 5.73 Å². The molecule has 0 unspecified atom stereocenters. The Labute approximate surface area is 121 Å². The average Bonchev–Trinajstić information content (AvgIpc) is 2.36. The molecule has 0 saturated heterocycles. The van der Waals surface area contributed by atoms with Crippen molar-refractivity contribution in [3.05, 3.63) is 52.6 Å². The molecule has 0 saturated carbocycles. The van der Waals surface area contributed by atoms with Crippen LogP contribution in [-0.2, 0) is 5.75 Å². The lowest BCUT2D eigenvalue weighted by Crippen LogP contribution is -2.14. The van der Waals surface area contributed by atoms with Crippen molar-refractivity contribution in [3.63, 3.8) is 0 Å². The number of nitrogen functional groups attached to an aromatic ring is 1. The van der Waals surface area contributed by atoms with Crippen LogP contribution in [0.25, 0.3) is 0 Å². The number of hydrogen-bond donors (Lipinski definition) is 2. The molecule has 6 heteroatoms. The van der Waals surface area contributed by atoms with Crippen molar-refractivity contribution in [1.82, 2.24) is 9.97 Å². The van der Waals surface area contributed by atoms with Gasteiger partial charge < -0.3 is 5.73 Å². The second kappa shape index (κ2) is 6.00. The number of hydrogen-bond acceptors (Lipinski definition) is 4. The summed E-state index contributed by atoms with van der Waals surface area (Å²) in [5, 5.41) is 7.95. The van der Waals surface area contributed by atoms with Crippen LogP contribution in [0.2, 0.25) is 0 Å². The maximum atomic E-state index is 14.1. The maximum Gasteiger partial charge on any atom is 0.188 e. The van der Waals surface area contributed by atoms with Gasteiger partial charge in [0.1, 0.15) is 11.7 Å². The minimum absolute atomic E-state index is 0.129. The van der Waals surface area contributed by atoms with E-state index in [4.69, 9.17) is 11.1 Å². The molecular formula is C14H15FN4S. The average molecular weight is 290 g/mol. The number of thioether (sulfide) groups is 1. The molecule has 104 valence electrons. The van der Waals surface area contributed by atoms with E-state index in [1.165, 1.54) is 17.8 Å². The van der Waals surface area contributed by atoms with Crippen LogP contribution in [0.15, 0.2) is 29.4 Å². The molecule has 4 nitrogen and oxygen atoms in total. The van der Waals surface area contributed by atoms with Gasteiger partial charge in [-0.3, -0.25) is 5.41 Å². The Morgan fingerprint density at radius 2 is 1.95 bits per heavy atom. The van der Waals surface area contributed by atoms with Crippen molar-refractivity contribution >= 4 is 17.6 Å². The molecule has 0 fully saturated rings. The maximum absolute atomic E-state index is 14.1. The zero-order chi connectivity index (χ0) is 14.7. The third-order valence-electron chi connectivity index (χ3n) is 2.69. The number of nitrogens with two attached hydrogens (primary N) is 1. The Kier molecular flexibility index (Phi) is 4.34. The summed E-state index contributed by atoms with van der Waals surface area (Å²) in [5.74, 6) is -0.315. The molecule has 0 aliphatic heterocycles. The Bertz CT molecular complexity index is 637. The first-order chi connectivity index (χ1) is 9.47. The second-order valence-electron chi connectivity index (χ2n) is 4.41. The summed E-state index contributed by atoms with van der Waals surface area (Å²) in [6.45, 7) is 3.80. The van der Waals surface area contributed by atoms with Gasteiger partial charge in [0.15, 0.2) is 5.16 Å². The molecule has 1 aromatic carbocycles. The van der Waals surface area contributed by atoms with Crippen LogP contribution in [0.4, 0.5) is 4.39 Å². The number of benzene rings is 1. The summed E-state index contributed by atoms with van der Waals surface area (Å²) in [6.07, 6.45) is 0. The van der Waals surface area contributed by atoms with E-state index in [0.29, 0.717) is 16.5 Å². The molecule has 3 N–H and O–H groups in total. The molecule has 20 heavy (non-hydrogen) atoms. The van der Waals surface area contributed by atoms with Crippen LogP contribution >= 0.6 is 11.8 Å². The zero-order valence-corrected chi connectivity index (χ0v) is 12.1. The topological polar surface area (TPSA) is 75.7 Å². The van der Waals surface area contributed by atoms with Crippen molar-refractivity contribution in [1.29, 1.82) is 5.41 Å². The number of aromatic nitrogens is 2. The molecule has 0 aliphatic carbocycles. The third-order valence-corrected chi connectivity index (χ3v) is 3.58. The smallest absolute Gasteiger partial charge is 0.188 e. The third kappa shape index (κ3) is 3.33. The Morgan fingerprint density at radius 1 is 1.30 bits per heavy atom. The lowest BCUT2D eigenvalue weighted by atomic mass is 10.1. The summed E-state index contributed by atoms with van der Waals surface area (Å²) in [5.41, 5.74) is 7.74. The molecular weight excluding hydrogens is 275 g/mol. The number of amidine groups is 1. The van der Waals surface area contributed by atoms with E-state index in [-0.39, 0.29) is 11.4 Å². The highest BCUT2D eigenvalue weighted by molar-refractivity contribution is 7.98. The van der Waals surface area contributed by atoms with Gasteiger partial charge in [-0.05, 0) is 31.5 Å². The van der Waals surface area contributed by atoms with Crippen LogP contribution in [0, 0.1) is 25.1 Å². The van der Waals surface area contributed by atoms with Crippen LogP contribution in [0.3, 0.4) is 0 Å². The minimum atomic E-state index is -0.447. The first-order valence-corrected chi connectivity index (χ1v) is 7.03. The normalized spacial score (nSPS) is 10.6. The van der Waals surface area contributed by atoms with E-state index in [9.17, 15) is 4.39 Å². The number of rotatable bonds is 4. The lowest BCUT2D eigenvalue weighted by Gasteiger charge is -2.07. The Balaban J connectivity index is 2.19. The van der Waals surface area contributed by atoms with Crippen molar-refractivity contribution in [3.8, 4) is 0 Å². The fourth-order valence-electron chi connectivity index (χ4n) is 1.80.